The van der Waals surface area contributed by atoms with Crippen LogP contribution in [0.4, 0.5) is 5.69 Å². The summed E-state index contributed by atoms with van der Waals surface area (Å²) in [5.74, 6) is 1.06. The average Bonchev–Trinajstić information content (AvgIpc) is 2.39. The first-order valence-corrected chi connectivity index (χ1v) is 7.07. The Bertz CT molecular complexity index is 671. The van der Waals surface area contributed by atoms with Crippen LogP contribution in [0, 0.1) is 19.8 Å². The van der Waals surface area contributed by atoms with Crippen molar-refractivity contribution >= 4 is 22.8 Å². The fourth-order valence-corrected chi connectivity index (χ4v) is 3.19. The highest BCUT2D eigenvalue weighted by Gasteiger charge is 2.26. The van der Waals surface area contributed by atoms with Crippen LogP contribution in [-0.4, -0.2) is 11.2 Å². The van der Waals surface area contributed by atoms with E-state index >= 15 is 0 Å². The van der Waals surface area contributed by atoms with Crippen LogP contribution < -0.4 is 0 Å². The molecule has 19 heavy (non-hydrogen) atoms. The standard InChI is InChI=1S/C17H20N2/c1-5-13-11(3)9-18-17-12(4)19-15-7-6-10(2)8-14(15)16(13)17/h6-9,11,13H,5H2,1-4H3. The molecule has 1 aromatic carbocycles. The highest BCUT2D eigenvalue weighted by atomic mass is 14.8. The molecule has 1 aromatic heterocycles. The first-order chi connectivity index (χ1) is 9.11. The third kappa shape index (κ3) is 1.86. The number of rotatable bonds is 1. The maximum atomic E-state index is 4.71. The van der Waals surface area contributed by atoms with Gasteiger partial charge in [0.2, 0.25) is 0 Å². The summed E-state index contributed by atoms with van der Waals surface area (Å²) in [4.78, 5) is 9.37. The summed E-state index contributed by atoms with van der Waals surface area (Å²) in [6.07, 6.45) is 3.24. The lowest BCUT2D eigenvalue weighted by Gasteiger charge is -2.27. The summed E-state index contributed by atoms with van der Waals surface area (Å²) >= 11 is 0. The molecule has 0 fully saturated rings. The number of pyridine rings is 1. The number of aromatic nitrogens is 1. The Morgan fingerprint density at radius 2 is 2.00 bits per heavy atom. The molecule has 98 valence electrons. The Hall–Kier alpha value is -1.70. The minimum atomic E-state index is 0.503. The lowest BCUT2D eigenvalue weighted by molar-refractivity contribution is 0.562. The molecule has 0 bridgehead atoms. The maximum absolute atomic E-state index is 4.71. The molecule has 2 unspecified atom stereocenters. The molecule has 3 rings (SSSR count). The SMILES string of the molecule is CCC1c2c(c(C)nc3ccc(C)cc23)N=CC1C. The number of hydrogen-bond acceptors (Lipinski definition) is 2. The van der Waals surface area contributed by atoms with Crippen molar-refractivity contribution in [3.8, 4) is 0 Å². The zero-order valence-corrected chi connectivity index (χ0v) is 12.1. The summed E-state index contributed by atoms with van der Waals surface area (Å²) < 4.78 is 0. The molecule has 2 heterocycles. The Morgan fingerprint density at radius 1 is 1.21 bits per heavy atom. The number of aryl methyl sites for hydroxylation is 2. The van der Waals surface area contributed by atoms with Gasteiger partial charge in [0.05, 0.1) is 16.9 Å². The van der Waals surface area contributed by atoms with Gasteiger partial charge < -0.3 is 0 Å². The van der Waals surface area contributed by atoms with E-state index in [0.29, 0.717) is 11.8 Å². The lowest BCUT2D eigenvalue weighted by Crippen LogP contribution is -2.15. The van der Waals surface area contributed by atoms with Gasteiger partial charge in [-0.15, -0.1) is 0 Å². The van der Waals surface area contributed by atoms with E-state index in [1.807, 2.05) is 0 Å². The Balaban J connectivity index is 2.41. The van der Waals surface area contributed by atoms with Crippen molar-refractivity contribution < 1.29 is 0 Å². The van der Waals surface area contributed by atoms with Gasteiger partial charge >= 0.3 is 0 Å². The van der Waals surface area contributed by atoms with E-state index in [9.17, 15) is 0 Å². The third-order valence-electron chi connectivity index (χ3n) is 4.21. The van der Waals surface area contributed by atoms with Crippen LogP contribution in [0.1, 0.15) is 43.0 Å². The van der Waals surface area contributed by atoms with Crippen molar-refractivity contribution in [3.05, 3.63) is 35.0 Å². The quantitative estimate of drug-likeness (QED) is 0.722. The van der Waals surface area contributed by atoms with Crippen LogP contribution in [0.2, 0.25) is 0 Å². The normalized spacial score (nSPS) is 21.7. The largest absolute Gasteiger partial charge is 0.259 e. The predicted molar refractivity (Wildman–Crippen MR) is 81.6 cm³/mol. The number of nitrogens with zero attached hydrogens (tertiary/aromatic N) is 2. The third-order valence-corrected chi connectivity index (χ3v) is 4.21. The van der Waals surface area contributed by atoms with Crippen molar-refractivity contribution in [3.63, 3.8) is 0 Å². The highest BCUT2D eigenvalue weighted by Crippen LogP contribution is 2.43. The Labute approximate surface area is 114 Å². The van der Waals surface area contributed by atoms with Gasteiger partial charge in [-0.25, -0.2) is 0 Å². The topological polar surface area (TPSA) is 25.2 Å². The first kappa shape index (κ1) is 12.3. The Kier molecular flexibility index (Phi) is 2.89. The van der Waals surface area contributed by atoms with Crippen molar-refractivity contribution in [1.82, 2.24) is 4.98 Å². The zero-order chi connectivity index (χ0) is 13.6. The van der Waals surface area contributed by atoms with Gasteiger partial charge in [-0.05, 0) is 49.8 Å². The summed E-state index contributed by atoms with van der Waals surface area (Å²) in [7, 11) is 0. The van der Waals surface area contributed by atoms with Crippen LogP contribution in [-0.2, 0) is 0 Å². The fourth-order valence-electron chi connectivity index (χ4n) is 3.19. The number of hydrogen-bond donors (Lipinski definition) is 0. The first-order valence-electron chi connectivity index (χ1n) is 7.07. The molecule has 0 saturated heterocycles. The van der Waals surface area contributed by atoms with Gasteiger partial charge in [-0.1, -0.05) is 25.5 Å². The highest BCUT2D eigenvalue weighted by molar-refractivity contribution is 5.91. The molecule has 0 aliphatic carbocycles. The van der Waals surface area contributed by atoms with Crippen LogP contribution in [0.25, 0.3) is 10.9 Å². The van der Waals surface area contributed by atoms with E-state index in [1.54, 1.807) is 0 Å². The fraction of sp³-hybridized carbons (Fsp3) is 0.412. The van der Waals surface area contributed by atoms with E-state index in [4.69, 9.17) is 4.98 Å². The molecule has 0 spiro atoms. The molecule has 0 amide bonds. The maximum Gasteiger partial charge on any atom is 0.0879 e. The van der Waals surface area contributed by atoms with Crippen molar-refractivity contribution in [2.24, 2.45) is 10.9 Å². The molecule has 1 aliphatic heterocycles. The van der Waals surface area contributed by atoms with Crippen LogP contribution in [0.3, 0.4) is 0 Å². The van der Waals surface area contributed by atoms with Crippen LogP contribution in [0.15, 0.2) is 23.2 Å². The van der Waals surface area contributed by atoms with E-state index in [0.717, 1.165) is 23.3 Å². The molecular formula is C17H20N2. The summed E-state index contributed by atoms with van der Waals surface area (Å²) in [5.41, 5.74) is 5.95. The molecule has 2 atom stereocenters. The van der Waals surface area contributed by atoms with Gasteiger partial charge in [-0.2, -0.15) is 0 Å². The molecular weight excluding hydrogens is 232 g/mol. The van der Waals surface area contributed by atoms with E-state index in [-0.39, 0.29) is 0 Å². The minimum absolute atomic E-state index is 0.503. The molecule has 0 saturated carbocycles. The number of aliphatic imine (C=N–C) groups is 1. The predicted octanol–water partition coefficient (Wildman–Crippen LogP) is 4.70. The smallest absolute Gasteiger partial charge is 0.0879 e. The van der Waals surface area contributed by atoms with E-state index < -0.39 is 0 Å². The molecule has 2 aromatic rings. The molecule has 0 N–H and O–H groups in total. The second-order valence-corrected chi connectivity index (χ2v) is 5.63. The van der Waals surface area contributed by atoms with Gasteiger partial charge in [0.25, 0.3) is 0 Å². The van der Waals surface area contributed by atoms with Crippen molar-refractivity contribution in [2.75, 3.05) is 0 Å². The molecule has 0 radical (unpaired) electrons. The molecule has 2 heteroatoms. The van der Waals surface area contributed by atoms with Gasteiger partial charge in [0.1, 0.15) is 0 Å². The monoisotopic (exact) mass is 252 g/mol. The van der Waals surface area contributed by atoms with Gasteiger partial charge in [-0.3, -0.25) is 9.98 Å². The summed E-state index contributed by atoms with van der Waals surface area (Å²) in [5, 5.41) is 1.29. The van der Waals surface area contributed by atoms with E-state index in [2.05, 4.69) is 57.1 Å². The summed E-state index contributed by atoms with van der Waals surface area (Å²) in [6.45, 7) is 8.74. The number of fused-ring (bicyclic) bond motifs is 3. The average molecular weight is 252 g/mol. The van der Waals surface area contributed by atoms with E-state index in [1.165, 1.54) is 16.5 Å². The molecule has 1 aliphatic rings. The second kappa shape index (κ2) is 4.44. The number of benzene rings is 1. The second-order valence-electron chi connectivity index (χ2n) is 5.63. The summed E-state index contributed by atoms with van der Waals surface area (Å²) in [6, 6.07) is 6.53. The zero-order valence-electron chi connectivity index (χ0n) is 12.1. The van der Waals surface area contributed by atoms with Gasteiger partial charge in [0.15, 0.2) is 0 Å². The minimum Gasteiger partial charge on any atom is -0.259 e. The van der Waals surface area contributed by atoms with Crippen LogP contribution in [0.5, 0.6) is 0 Å². The van der Waals surface area contributed by atoms with Crippen molar-refractivity contribution in [2.45, 2.75) is 40.0 Å². The van der Waals surface area contributed by atoms with Gasteiger partial charge in [0, 0.05) is 11.6 Å². The lowest BCUT2D eigenvalue weighted by atomic mass is 9.81. The van der Waals surface area contributed by atoms with Crippen molar-refractivity contribution in [1.29, 1.82) is 0 Å². The molecule has 2 nitrogen and oxygen atoms in total. The van der Waals surface area contributed by atoms with Crippen LogP contribution >= 0.6 is 0 Å². The Morgan fingerprint density at radius 3 is 2.74 bits per heavy atom.